The van der Waals surface area contributed by atoms with Crippen LogP contribution in [-0.4, -0.2) is 11.1 Å². The van der Waals surface area contributed by atoms with Gasteiger partial charge in [-0.25, -0.2) is 0 Å². The molecule has 1 aromatic carbocycles. The van der Waals surface area contributed by atoms with Crippen molar-refractivity contribution in [3.63, 3.8) is 0 Å². The molecule has 0 aliphatic rings. The Morgan fingerprint density at radius 2 is 2.21 bits per heavy atom. The van der Waals surface area contributed by atoms with E-state index < -0.39 is 12.0 Å². The van der Waals surface area contributed by atoms with Crippen LogP contribution in [0.1, 0.15) is 11.6 Å². The van der Waals surface area contributed by atoms with Crippen LogP contribution in [0.2, 0.25) is 5.02 Å². The highest BCUT2D eigenvalue weighted by Crippen LogP contribution is 2.25. The minimum absolute atomic E-state index is 0.271. The number of azide groups is 1. The van der Waals surface area contributed by atoms with Crippen molar-refractivity contribution in [1.29, 1.82) is 0 Å². The fraction of sp³-hybridized carbons (Fsp3) is 0.125. The minimum atomic E-state index is -1.27. The summed E-state index contributed by atoms with van der Waals surface area (Å²) in [5.74, 6) is -1.23. The van der Waals surface area contributed by atoms with E-state index in [9.17, 15) is 4.79 Å². The third kappa shape index (κ3) is 2.16. The van der Waals surface area contributed by atoms with Crippen molar-refractivity contribution in [2.45, 2.75) is 6.04 Å². The zero-order chi connectivity index (χ0) is 10.6. The van der Waals surface area contributed by atoms with E-state index in [1.165, 1.54) is 6.07 Å². The van der Waals surface area contributed by atoms with Crippen LogP contribution in [0.25, 0.3) is 10.4 Å². The van der Waals surface area contributed by atoms with Gasteiger partial charge in [-0.15, -0.1) is 0 Å². The van der Waals surface area contributed by atoms with Crippen molar-refractivity contribution in [1.82, 2.24) is 0 Å². The lowest BCUT2D eigenvalue weighted by molar-refractivity contribution is -0.138. The first-order valence-electron chi connectivity index (χ1n) is 3.68. The molecule has 0 bridgehead atoms. The van der Waals surface area contributed by atoms with Crippen molar-refractivity contribution in [2.24, 2.45) is 5.11 Å². The molecule has 0 radical (unpaired) electrons. The van der Waals surface area contributed by atoms with Gasteiger partial charge in [0.15, 0.2) is 6.04 Å². The van der Waals surface area contributed by atoms with E-state index in [4.69, 9.17) is 22.2 Å². The van der Waals surface area contributed by atoms with Gasteiger partial charge in [-0.1, -0.05) is 34.9 Å². The molecule has 6 heteroatoms. The molecule has 1 aromatic rings. The molecule has 0 saturated heterocycles. The first kappa shape index (κ1) is 10.4. The Morgan fingerprint density at radius 1 is 1.57 bits per heavy atom. The van der Waals surface area contributed by atoms with Crippen molar-refractivity contribution in [2.75, 3.05) is 0 Å². The second kappa shape index (κ2) is 4.50. The molecule has 0 spiro atoms. The predicted molar refractivity (Wildman–Crippen MR) is 51.0 cm³/mol. The molecule has 1 unspecified atom stereocenters. The fourth-order valence-corrected chi connectivity index (χ4v) is 1.23. The molecule has 0 saturated carbocycles. The molecule has 0 aliphatic carbocycles. The quantitative estimate of drug-likeness (QED) is 0.473. The van der Waals surface area contributed by atoms with Crippen LogP contribution < -0.4 is 0 Å². The molecule has 1 N–H and O–H groups in total. The van der Waals surface area contributed by atoms with E-state index in [1.807, 2.05) is 0 Å². The van der Waals surface area contributed by atoms with E-state index in [0.29, 0.717) is 5.56 Å². The highest BCUT2D eigenvalue weighted by Gasteiger charge is 2.19. The smallest absolute Gasteiger partial charge is 0.317 e. The predicted octanol–water partition coefficient (Wildman–Crippen LogP) is 2.78. The first-order chi connectivity index (χ1) is 6.66. The third-order valence-corrected chi connectivity index (χ3v) is 1.95. The maximum absolute atomic E-state index is 10.7. The Labute approximate surface area is 84.6 Å². The van der Waals surface area contributed by atoms with E-state index in [2.05, 4.69) is 10.0 Å². The number of nitrogens with zero attached hydrogens (tertiary/aromatic N) is 3. The molecule has 72 valence electrons. The molecular weight excluding hydrogens is 206 g/mol. The van der Waals surface area contributed by atoms with Crippen molar-refractivity contribution in [3.05, 3.63) is 45.3 Å². The number of carbonyl (C=O) groups is 1. The summed E-state index contributed by atoms with van der Waals surface area (Å²) in [7, 11) is 0. The number of benzene rings is 1. The van der Waals surface area contributed by atoms with Gasteiger partial charge >= 0.3 is 5.97 Å². The summed E-state index contributed by atoms with van der Waals surface area (Å²) < 4.78 is 0. The molecule has 1 atom stereocenters. The van der Waals surface area contributed by atoms with Crippen LogP contribution in [0, 0.1) is 0 Å². The van der Waals surface area contributed by atoms with Gasteiger partial charge < -0.3 is 5.11 Å². The topological polar surface area (TPSA) is 86.1 Å². The van der Waals surface area contributed by atoms with Crippen molar-refractivity contribution in [3.8, 4) is 0 Å². The monoisotopic (exact) mass is 211 g/mol. The number of carboxylic acid groups (broad SMARTS) is 1. The van der Waals surface area contributed by atoms with E-state index in [1.54, 1.807) is 18.2 Å². The van der Waals surface area contributed by atoms with E-state index >= 15 is 0 Å². The summed E-state index contributed by atoms with van der Waals surface area (Å²) in [6.45, 7) is 0. The van der Waals surface area contributed by atoms with Crippen molar-refractivity contribution < 1.29 is 9.90 Å². The highest BCUT2D eigenvalue weighted by atomic mass is 35.5. The molecule has 0 aliphatic heterocycles. The number of carboxylic acids is 1. The molecular formula is C8H6ClN3O2. The van der Waals surface area contributed by atoms with Crippen LogP contribution in [0.15, 0.2) is 29.4 Å². The molecule has 0 fully saturated rings. The number of aliphatic carboxylic acids is 1. The van der Waals surface area contributed by atoms with Crippen LogP contribution in [-0.2, 0) is 4.79 Å². The summed E-state index contributed by atoms with van der Waals surface area (Å²) in [6.07, 6.45) is 0. The minimum Gasteiger partial charge on any atom is -0.481 e. The SMILES string of the molecule is [N-]=[N+]=NC(C(=O)O)c1ccccc1Cl. The number of halogens is 1. The molecule has 14 heavy (non-hydrogen) atoms. The van der Waals surface area contributed by atoms with Gasteiger partial charge in [-0.05, 0) is 17.2 Å². The van der Waals surface area contributed by atoms with E-state index in [0.717, 1.165) is 0 Å². The summed E-state index contributed by atoms with van der Waals surface area (Å²) in [5.41, 5.74) is 8.48. The number of hydrogen-bond acceptors (Lipinski definition) is 2. The van der Waals surface area contributed by atoms with Gasteiger partial charge in [0.2, 0.25) is 0 Å². The van der Waals surface area contributed by atoms with Gasteiger partial charge in [0.25, 0.3) is 0 Å². The second-order valence-electron chi connectivity index (χ2n) is 2.47. The Balaban J connectivity index is 3.18. The molecule has 0 amide bonds. The number of hydrogen-bond donors (Lipinski definition) is 1. The number of rotatable bonds is 3. The zero-order valence-corrected chi connectivity index (χ0v) is 7.72. The van der Waals surface area contributed by atoms with Gasteiger partial charge in [-0.3, -0.25) is 4.79 Å². The lowest BCUT2D eigenvalue weighted by Gasteiger charge is -2.07. The van der Waals surface area contributed by atoms with Gasteiger partial charge in [0.1, 0.15) is 0 Å². The average molecular weight is 212 g/mol. The molecule has 0 heterocycles. The highest BCUT2D eigenvalue weighted by molar-refractivity contribution is 6.31. The fourth-order valence-electron chi connectivity index (χ4n) is 0.993. The van der Waals surface area contributed by atoms with Crippen LogP contribution in [0.3, 0.4) is 0 Å². The zero-order valence-electron chi connectivity index (χ0n) is 6.96. The maximum atomic E-state index is 10.7. The molecule has 0 aromatic heterocycles. The van der Waals surface area contributed by atoms with Crippen LogP contribution in [0.5, 0.6) is 0 Å². The lowest BCUT2D eigenvalue weighted by Crippen LogP contribution is -2.08. The van der Waals surface area contributed by atoms with Crippen molar-refractivity contribution >= 4 is 17.6 Å². The van der Waals surface area contributed by atoms with Gasteiger partial charge in [0, 0.05) is 9.93 Å². The van der Waals surface area contributed by atoms with Gasteiger partial charge in [0.05, 0.1) is 0 Å². The molecule has 1 rings (SSSR count). The Kier molecular flexibility index (Phi) is 3.34. The Bertz CT molecular complexity index is 399. The largest absolute Gasteiger partial charge is 0.481 e. The standard InChI is InChI=1S/C8H6ClN3O2/c9-6-4-2-1-3-5(6)7(8(13)14)11-12-10/h1-4,7H,(H,13,14). The third-order valence-electron chi connectivity index (χ3n) is 1.60. The Hall–Kier alpha value is -1.71. The summed E-state index contributed by atoms with van der Waals surface area (Å²) in [4.78, 5) is 13.2. The summed E-state index contributed by atoms with van der Waals surface area (Å²) >= 11 is 5.75. The maximum Gasteiger partial charge on any atom is 0.317 e. The molecule has 5 nitrogen and oxygen atoms in total. The van der Waals surface area contributed by atoms with E-state index in [-0.39, 0.29) is 5.02 Å². The first-order valence-corrected chi connectivity index (χ1v) is 4.06. The van der Waals surface area contributed by atoms with Crippen LogP contribution >= 0.6 is 11.6 Å². The second-order valence-corrected chi connectivity index (χ2v) is 2.87. The summed E-state index contributed by atoms with van der Waals surface area (Å²) in [5, 5.41) is 12.2. The Morgan fingerprint density at radius 3 is 2.71 bits per heavy atom. The van der Waals surface area contributed by atoms with Gasteiger partial charge in [-0.2, -0.15) is 0 Å². The lowest BCUT2D eigenvalue weighted by atomic mass is 10.1. The summed E-state index contributed by atoms with van der Waals surface area (Å²) in [6, 6.07) is 5.08. The average Bonchev–Trinajstić information content (AvgIpc) is 2.15. The normalized spacial score (nSPS) is 11.5. The van der Waals surface area contributed by atoms with Crippen LogP contribution in [0.4, 0.5) is 0 Å².